The van der Waals surface area contributed by atoms with Gasteiger partial charge in [0.1, 0.15) is 11.3 Å². The highest BCUT2D eigenvalue weighted by Gasteiger charge is 2.16. The summed E-state index contributed by atoms with van der Waals surface area (Å²) in [4.78, 5) is 26.7. The minimum Gasteiger partial charge on any atom is -0.478 e. The van der Waals surface area contributed by atoms with Gasteiger partial charge in [-0.3, -0.25) is 4.40 Å². The van der Waals surface area contributed by atoms with Crippen molar-refractivity contribution in [2.75, 3.05) is 0 Å². The Balaban J connectivity index is 2.12. The zero-order valence-corrected chi connectivity index (χ0v) is 12.6. The number of benzene rings is 1. The SMILES string of the molecule is CCCc1ccc(-c2nc3cc(C(=O)O)ccn3c2N=O)cc1. The molecule has 0 aliphatic rings. The van der Waals surface area contributed by atoms with Crippen molar-refractivity contribution in [2.45, 2.75) is 19.8 Å². The zero-order valence-electron chi connectivity index (χ0n) is 12.6. The summed E-state index contributed by atoms with van der Waals surface area (Å²) in [6.45, 7) is 2.12. The fraction of sp³-hybridized carbons (Fsp3) is 0.176. The molecule has 6 nitrogen and oxygen atoms in total. The van der Waals surface area contributed by atoms with Gasteiger partial charge < -0.3 is 5.11 Å². The second kappa shape index (κ2) is 6.00. The van der Waals surface area contributed by atoms with Crippen LogP contribution < -0.4 is 0 Å². The van der Waals surface area contributed by atoms with Crippen molar-refractivity contribution >= 4 is 17.4 Å². The summed E-state index contributed by atoms with van der Waals surface area (Å²) in [5.41, 5.74) is 2.94. The Kier molecular flexibility index (Phi) is 3.89. The standard InChI is InChI=1S/C17H15N3O3/c1-2-3-11-4-6-12(7-5-11)15-16(19-23)20-9-8-13(17(21)22)10-14(20)18-15/h4-10H,2-3H2,1H3,(H,21,22). The van der Waals surface area contributed by atoms with Crippen LogP contribution in [0.2, 0.25) is 0 Å². The van der Waals surface area contributed by atoms with Crippen LogP contribution in [0.25, 0.3) is 16.9 Å². The van der Waals surface area contributed by atoms with E-state index in [1.165, 1.54) is 28.3 Å². The molecule has 3 aromatic rings. The first kappa shape index (κ1) is 14.9. The molecule has 1 N–H and O–H groups in total. The van der Waals surface area contributed by atoms with Crippen molar-refractivity contribution in [3.8, 4) is 11.3 Å². The molecular weight excluding hydrogens is 294 g/mol. The van der Waals surface area contributed by atoms with Gasteiger partial charge in [0.05, 0.1) is 5.56 Å². The van der Waals surface area contributed by atoms with Gasteiger partial charge >= 0.3 is 5.97 Å². The number of carboxylic acids is 1. The Bertz CT molecular complexity index is 882. The van der Waals surface area contributed by atoms with E-state index in [1.54, 1.807) is 0 Å². The monoisotopic (exact) mass is 309 g/mol. The molecule has 6 heteroatoms. The molecule has 0 unspecified atom stereocenters. The second-order valence-electron chi connectivity index (χ2n) is 5.27. The molecule has 3 rings (SSSR count). The maximum atomic E-state index is 11.2. The number of carboxylic acid groups (broad SMARTS) is 1. The maximum absolute atomic E-state index is 11.2. The minimum absolute atomic E-state index is 0.116. The minimum atomic E-state index is -1.04. The van der Waals surface area contributed by atoms with Crippen molar-refractivity contribution in [1.29, 1.82) is 0 Å². The fourth-order valence-corrected chi connectivity index (χ4v) is 2.56. The number of nitroso groups, excluding NO2 is 1. The Morgan fingerprint density at radius 3 is 2.61 bits per heavy atom. The normalized spacial score (nSPS) is 10.8. The van der Waals surface area contributed by atoms with E-state index in [9.17, 15) is 9.70 Å². The Morgan fingerprint density at radius 1 is 1.26 bits per heavy atom. The van der Waals surface area contributed by atoms with E-state index in [1.807, 2.05) is 24.3 Å². The van der Waals surface area contributed by atoms with Gasteiger partial charge in [-0.05, 0) is 29.3 Å². The summed E-state index contributed by atoms with van der Waals surface area (Å²) >= 11 is 0. The van der Waals surface area contributed by atoms with Crippen LogP contribution in [-0.4, -0.2) is 20.5 Å². The summed E-state index contributed by atoms with van der Waals surface area (Å²) in [5.74, 6) is -0.873. The van der Waals surface area contributed by atoms with E-state index in [4.69, 9.17) is 5.11 Å². The number of fused-ring (bicyclic) bond motifs is 1. The molecule has 0 atom stereocenters. The molecule has 2 aromatic heterocycles. The molecule has 0 bridgehead atoms. The fourth-order valence-electron chi connectivity index (χ4n) is 2.56. The Morgan fingerprint density at radius 2 is 2.00 bits per heavy atom. The number of imidazole rings is 1. The summed E-state index contributed by atoms with van der Waals surface area (Å²) in [7, 11) is 0. The van der Waals surface area contributed by atoms with Crippen molar-refractivity contribution in [3.63, 3.8) is 0 Å². The molecule has 0 saturated heterocycles. The van der Waals surface area contributed by atoms with Gasteiger partial charge in [0.2, 0.25) is 5.82 Å². The number of aromatic nitrogens is 2. The van der Waals surface area contributed by atoms with Crippen LogP contribution in [0, 0.1) is 4.91 Å². The number of aromatic carboxylic acids is 1. The maximum Gasteiger partial charge on any atom is 0.335 e. The largest absolute Gasteiger partial charge is 0.478 e. The highest BCUT2D eigenvalue weighted by molar-refractivity contribution is 5.89. The van der Waals surface area contributed by atoms with Crippen LogP contribution in [0.1, 0.15) is 29.3 Å². The smallest absolute Gasteiger partial charge is 0.335 e. The first-order valence-electron chi connectivity index (χ1n) is 7.32. The molecule has 0 fully saturated rings. The number of nitrogens with zero attached hydrogens (tertiary/aromatic N) is 3. The molecule has 1 aromatic carbocycles. The van der Waals surface area contributed by atoms with Gasteiger partial charge in [0.25, 0.3) is 0 Å². The van der Waals surface area contributed by atoms with Crippen molar-refractivity contribution in [1.82, 2.24) is 9.38 Å². The van der Waals surface area contributed by atoms with Gasteiger partial charge in [0, 0.05) is 11.8 Å². The first-order valence-corrected chi connectivity index (χ1v) is 7.32. The Labute approximate surface area is 132 Å². The van der Waals surface area contributed by atoms with Gasteiger partial charge in [0.15, 0.2) is 0 Å². The summed E-state index contributed by atoms with van der Waals surface area (Å²) in [6.07, 6.45) is 3.55. The van der Waals surface area contributed by atoms with Crippen LogP contribution in [0.5, 0.6) is 0 Å². The quantitative estimate of drug-likeness (QED) is 0.720. The van der Waals surface area contributed by atoms with Crippen LogP contribution >= 0.6 is 0 Å². The van der Waals surface area contributed by atoms with Gasteiger partial charge in [-0.1, -0.05) is 37.6 Å². The lowest BCUT2D eigenvalue weighted by molar-refractivity contribution is 0.0697. The summed E-state index contributed by atoms with van der Waals surface area (Å²) in [5, 5.41) is 12.1. The Hall–Kier alpha value is -3.02. The molecular formula is C17H15N3O3. The average Bonchev–Trinajstić information content (AvgIpc) is 2.93. The first-order chi connectivity index (χ1) is 11.1. The van der Waals surface area contributed by atoms with Crippen LogP contribution in [0.4, 0.5) is 5.82 Å². The number of carbonyl (C=O) groups is 1. The molecule has 23 heavy (non-hydrogen) atoms. The van der Waals surface area contributed by atoms with Crippen LogP contribution in [-0.2, 0) is 6.42 Å². The summed E-state index contributed by atoms with van der Waals surface area (Å²) in [6, 6.07) is 10.6. The number of pyridine rings is 1. The van der Waals surface area contributed by atoms with Crippen LogP contribution in [0.15, 0.2) is 47.8 Å². The average molecular weight is 309 g/mol. The van der Waals surface area contributed by atoms with Gasteiger partial charge in [-0.15, -0.1) is 4.91 Å². The lowest BCUT2D eigenvalue weighted by atomic mass is 10.1. The molecule has 2 heterocycles. The molecule has 0 amide bonds. The van der Waals surface area contributed by atoms with Gasteiger partial charge in [-0.2, -0.15) is 0 Å². The number of hydrogen-bond acceptors (Lipinski definition) is 4. The molecule has 0 radical (unpaired) electrons. The lowest BCUT2D eigenvalue weighted by Crippen LogP contribution is -1.97. The number of hydrogen-bond donors (Lipinski definition) is 1. The van der Waals surface area contributed by atoms with Crippen LogP contribution in [0.3, 0.4) is 0 Å². The molecule has 116 valence electrons. The van der Waals surface area contributed by atoms with E-state index in [0.29, 0.717) is 11.3 Å². The zero-order chi connectivity index (χ0) is 16.4. The molecule has 0 aliphatic carbocycles. The van der Waals surface area contributed by atoms with E-state index in [0.717, 1.165) is 18.4 Å². The topological polar surface area (TPSA) is 84.0 Å². The van der Waals surface area contributed by atoms with Crippen molar-refractivity contribution in [2.24, 2.45) is 5.18 Å². The van der Waals surface area contributed by atoms with Crippen molar-refractivity contribution in [3.05, 3.63) is 58.6 Å². The molecule has 0 saturated carbocycles. The summed E-state index contributed by atoms with van der Waals surface area (Å²) < 4.78 is 1.49. The third-order valence-electron chi connectivity index (χ3n) is 3.70. The predicted octanol–water partition coefficient (Wildman–Crippen LogP) is 4.05. The molecule has 0 aliphatic heterocycles. The predicted molar refractivity (Wildman–Crippen MR) is 87.0 cm³/mol. The third-order valence-corrected chi connectivity index (χ3v) is 3.70. The van der Waals surface area contributed by atoms with E-state index < -0.39 is 5.97 Å². The lowest BCUT2D eigenvalue weighted by Gasteiger charge is -2.01. The van der Waals surface area contributed by atoms with E-state index in [2.05, 4.69) is 17.1 Å². The highest BCUT2D eigenvalue weighted by atomic mass is 16.4. The third kappa shape index (κ3) is 2.70. The van der Waals surface area contributed by atoms with Crippen molar-refractivity contribution < 1.29 is 9.90 Å². The highest BCUT2D eigenvalue weighted by Crippen LogP contribution is 2.31. The number of aryl methyl sites for hydroxylation is 1. The van der Waals surface area contributed by atoms with E-state index in [-0.39, 0.29) is 11.4 Å². The molecule has 0 spiro atoms. The van der Waals surface area contributed by atoms with E-state index >= 15 is 0 Å². The second-order valence-corrected chi connectivity index (χ2v) is 5.27. The van der Waals surface area contributed by atoms with Gasteiger partial charge in [-0.25, -0.2) is 9.78 Å². The number of rotatable bonds is 5.